The first-order valence-corrected chi connectivity index (χ1v) is 14.5. The average molecular weight is 595 g/mol. The summed E-state index contributed by atoms with van der Waals surface area (Å²) in [5.74, 6) is 4.29. The number of methoxy groups -OCH3 is 6. The summed E-state index contributed by atoms with van der Waals surface area (Å²) < 4.78 is 33.6. The Morgan fingerprint density at radius 1 is 0.409 bits per heavy atom. The van der Waals surface area contributed by atoms with Crippen LogP contribution in [0.3, 0.4) is 0 Å². The summed E-state index contributed by atoms with van der Waals surface area (Å²) in [5, 5.41) is 2.34. The van der Waals surface area contributed by atoms with Crippen LogP contribution < -0.4 is 28.4 Å². The molecule has 5 rings (SSSR count). The lowest BCUT2D eigenvalue weighted by atomic mass is 9.91. The fourth-order valence-corrected chi connectivity index (χ4v) is 5.42. The first-order chi connectivity index (χ1) is 21.3. The van der Waals surface area contributed by atoms with Gasteiger partial charge in [-0.25, -0.2) is 0 Å². The summed E-state index contributed by atoms with van der Waals surface area (Å²) in [4.78, 5) is 0. The van der Waals surface area contributed by atoms with E-state index in [0.29, 0.717) is 24.3 Å². The van der Waals surface area contributed by atoms with E-state index in [-0.39, 0.29) is 0 Å². The molecule has 0 atom stereocenters. The molecule has 6 heteroatoms. The van der Waals surface area contributed by atoms with Gasteiger partial charge in [-0.1, -0.05) is 71.8 Å². The Labute approximate surface area is 261 Å². The molecule has 0 N–H and O–H groups in total. The van der Waals surface area contributed by atoms with E-state index in [1.807, 2.05) is 24.3 Å². The summed E-state index contributed by atoms with van der Waals surface area (Å²) >= 11 is 0. The molecule has 44 heavy (non-hydrogen) atoms. The van der Waals surface area contributed by atoms with Crippen molar-refractivity contribution < 1.29 is 28.4 Å². The molecule has 230 valence electrons. The highest BCUT2D eigenvalue weighted by Crippen LogP contribution is 2.39. The Balaban J connectivity index is 0.000000479. The second-order valence-electron chi connectivity index (χ2n) is 10.5. The molecule has 0 spiro atoms. The molecule has 0 saturated carbocycles. The van der Waals surface area contributed by atoms with Crippen molar-refractivity contribution in [2.75, 3.05) is 42.7 Å². The molecule has 5 aromatic rings. The molecule has 0 aliphatic rings. The highest BCUT2D eigenvalue weighted by molar-refractivity contribution is 5.89. The van der Waals surface area contributed by atoms with Crippen LogP contribution in [0.5, 0.6) is 34.5 Å². The van der Waals surface area contributed by atoms with E-state index >= 15 is 0 Å². The summed E-state index contributed by atoms with van der Waals surface area (Å²) in [6.07, 6.45) is 1.29. The third-order valence-electron chi connectivity index (χ3n) is 7.65. The molecule has 0 unspecified atom stereocenters. The van der Waals surface area contributed by atoms with E-state index < -0.39 is 0 Å². The number of aryl methyl sites for hydroxylation is 2. The lowest BCUT2D eigenvalue weighted by Crippen LogP contribution is -2.02. The van der Waals surface area contributed by atoms with Crippen LogP contribution in [0.1, 0.15) is 33.4 Å². The molecule has 0 radical (unpaired) electrons. The van der Waals surface area contributed by atoms with Crippen LogP contribution in [-0.2, 0) is 12.8 Å². The van der Waals surface area contributed by atoms with Crippen molar-refractivity contribution in [2.24, 2.45) is 0 Å². The lowest BCUT2D eigenvalue weighted by Gasteiger charge is -2.18. The van der Waals surface area contributed by atoms with Gasteiger partial charge in [0.05, 0.1) is 42.7 Å². The molecule has 0 aliphatic heterocycles. The number of rotatable bonds is 10. The molecule has 5 aromatic carbocycles. The first-order valence-electron chi connectivity index (χ1n) is 14.5. The number of hydrogen-bond donors (Lipinski definition) is 0. The van der Waals surface area contributed by atoms with E-state index in [0.717, 1.165) is 34.1 Å². The molecule has 0 amide bonds. The molecule has 0 aromatic heterocycles. The van der Waals surface area contributed by atoms with Gasteiger partial charge in [-0.2, -0.15) is 0 Å². The van der Waals surface area contributed by atoms with Crippen molar-refractivity contribution in [3.8, 4) is 34.5 Å². The minimum absolute atomic E-state index is 0.645. The van der Waals surface area contributed by atoms with Crippen molar-refractivity contribution in [3.05, 3.63) is 118 Å². The van der Waals surface area contributed by atoms with Gasteiger partial charge in [-0.3, -0.25) is 0 Å². The van der Waals surface area contributed by atoms with Crippen LogP contribution in [0.25, 0.3) is 10.8 Å². The van der Waals surface area contributed by atoms with Crippen LogP contribution in [0, 0.1) is 13.8 Å². The molecule has 6 nitrogen and oxygen atoms in total. The summed E-state index contributed by atoms with van der Waals surface area (Å²) in [6.45, 7) is 4.21. The van der Waals surface area contributed by atoms with E-state index in [4.69, 9.17) is 28.4 Å². The second-order valence-corrected chi connectivity index (χ2v) is 10.5. The lowest BCUT2D eigenvalue weighted by molar-refractivity contribution is 0.369. The van der Waals surface area contributed by atoms with E-state index in [2.05, 4.69) is 74.5 Å². The van der Waals surface area contributed by atoms with Gasteiger partial charge in [0.2, 0.25) is 0 Å². The maximum Gasteiger partial charge on any atom is 0.129 e. The summed E-state index contributed by atoms with van der Waals surface area (Å²) in [6, 6.07) is 28.8. The second kappa shape index (κ2) is 15.1. The summed E-state index contributed by atoms with van der Waals surface area (Å²) in [5.41, 5.74) is 6.96. The molecule has 0 saturated heterocycles. The van der Waals surface area contributed by atoms with Crippen LogP contribution in [0.15, 0.2) is 84.9 Å². The fourth-order valence-electron chi connectivity index (χ4n) is 5.42. The zero-order chi connectivity index (χ0) is 31.6. The molecule has 0 heterocycles. The van der Waals surface area contributed by atoms with Gasteiger partial charge in [0.25, 0.3) is 0 Å². The maximum absolute atomic E-state index is 5.69. The Hall–Kier alpha value is -4.84. The van der Waals surface area contributed by atoms with E-state index in [9.17, 15) is 0 Å². The van der Waals surface area contributed by atoms with Gasteiger partial charge in [-0.05, 0) is 35.7 Å². The highest BCUT2D eigenvalue weighted by atomic mass is 16.5. The van der Waals surface area contributed by atoms with E-state index in [1.54, 1.807) is 42.7 Å². The standard InChI is InChI=1S/C30H32O6.C8H10/c1-31-21-15-27(33-3)25(28(16-21)34-4)13-19-11-12-20(24-10-8-7-9-23(19)24)14-26-29(35-5)17-22(32-2)18-30(26)36-6;1-7-4-3-5-8(2)6-7/h7-12,15-18H,13-14H2,1-6H3;3-6H,1-2H3. The predicted molar refractivity (Wildman–Crippen MR) is 178 cm³/mol. The third kappa shape index (κ3) is 7.38. The van der Waals surface area contributed by atoms with Crippen molar-refractivity contribution >= 4 is 10.8 Å². The predicted octanol–water partition coefficient (Wildman–Crippen LogP) is 8.38. The largest absolute Gasteiger partial charge is 0.496 e. The summed E-state index contributed by atoms with van der Waals surface area (Å²) in [7, 11) is 9.91. The Morgan fingerprint density at radius 2 is 0.773 bits per heavy atom. The molecule has 0 bridgehead atoms. The minimum Gasteiger partial charge on any atom is -0.496 e. The smallest absolute Gasteiger partial charge is 0.129 e. The third-order valence-corrected chi connectivity index (χ3v) is 7.65. The normalized spacial score (nSPS) is 10.5. The number of hydrogen-bond acceptors (Lipinski definition) is 6. The Kier molecular flexibility index (Phi) is 11.0. The minimum atomic E-state index is 0.645. The molecule has 0 aliphatic carbocycles. The van der Waals surface area contributed by atoms with Crippen molar-refractivity contribution in [1.82, 2.24) is 0 Å². The van der Waals surface area contributed by atoms with Crippen molar-refractivity contribution in [1.29, 1.82) is 0 Å². The average Bonchev–Trinajstić information content (AvgIpc) is 3.05. The zero-order valence-electron chi connectivity index (χ0n) is 26.9. The SMILES string of the molecule is COc1cc(OC)c(Cc2ccc(Cc3c(OC)cc(OC)cc3OC)c3ccccc23)c(OC)c1.Cc1cccc(C)c1. The van der Waals surface area contributed by atoms with Crippen LogP contribution in [0.4, 0.5) is 0 Å². The van der Waals surface area contributed by atoms with Crippen LogP contribution >= 0.6 is 0 Å². The van der Waals surface area contributed by atoms with E-state index in [1.165, 1.54) is 33.0 Å². The monoisotopic (exact) mass is 594 g/mol. The van der Waals surface area contributed by atoms with Gasteiger partial charge >= 0.3 is 0 Å². The Bertz CT molecular complexity index is 1540. The van der Waals surface area contributed by atoms with Gasteiger partial charge < -0.3 is 28.4 Å². The maximum atomic E-state index is 5.69. The zero-order valence-corrected chi connectivity index (χ0v) is 26.9. The topological polar surface area (TPSA) is 55.4 Å². The molecular weight excluding hydrogens is 552 g/mol. The molecular formula is C38H42O6. The molecule has 0 fully saturated rings. The first kappa shape index (κ1) is 32.1. The van der Waals surface area contributed by atoms with Crippen LogP contribution in [-0.4, -0.2) is 42.7 Å². The quantitative estimate of drug-likeness (QED) is 0.162. The van der Waals surface area contributed by atoms with Gasteiger partial charge in [-0.15, -0.1) is 0 Å². The van der Waals surface area contributed by atoms with Gasteiger partial charge in [0.1, 0.15) is 34.5 Å². The number of benzene rings is 5. The van der Waals surface area contributed by atoms with Gasteiger partial charge in [0.15, 0.2) is 0 Å². The number of ether oxygens (including phenoxy) is 6. The Morgan fingerprint density at radius 3 is 1.05 bits per heavy atom. The van der Waals surface area contributed by atoms with Gasteiger partial charge in [0, 0.05) is 48.2 Å². The van der Waals surface area contributed by atoms with Crippen LogP contribution in [0.2, 0.25) is 0 Å². The fraction of sp³-hybridized carbons (Fsp3) is 0.263. The van der Waals surface area contributed by atoms with Crippen molar-refractivity contribution in [3.63, 3.8) is 0 Å². The highest BCUT2D eigenvalue weighted by Gasteiger charge is 2.18. The number of fused-ring (bicyclic) bond motifs is 1. The van der Waals surface area contributed by atoms with Crippen molar-refractivity contribution in [2.45, 2.75) is 26.7 Å².